The van der Waals surface area contributed by atoms with E-state index in [0.717, 1.165) is 5.56 Å². The molecule has 17 nitrogen and oxygen atoms in total. The monoisotopic (exact) mass is 1050 g/mol. The van der Waals surface area contributed by atoms with Crippen molar-refractivity contribution in [1.29, 1.82) is 0 Å². The van der Waals surface area contributed by atoms with Crippen LogP contribution in [0.15, 0.2) is 95.5 Å². The van der Waals surface area contributed by atoms with E-state index >= 15 is 0 Å². The summed E-state index contributed by atoms with van der Waals surface area (Å²) in [6, 6.07) is 23.5. The van der Waals surface area contributed by atoms with Gasteiger partial charge in [0.25, 0.3) is 11.8 Å². The molecule has 0 spiro atoms. The molecule has 4 amide bonds. The van der Waals surface area contributed by atoms with E-state index < -0.39 is 58.5 Å². The Morgan fingerprint density at radius 1 is 0.658 bits per heavy atom. The molecule has 4 aromatic carbocycles. The Kier molecular flexibility index (Phi) is 14.3. The number of halogens is 7. The summed E-state index contributed by atoms with van der Waals surface area (Å²) in [7, 11) is 3.79. The number of carbonyl (C=O) groups is 6. The van der Waals surface area contributed by atoms with Crippen molar-refractivity contribution in [3.63, 3.8) is 0 Å². The predicted octanol–water partition coefficient (Wildman–Crippen LogP) is 7.82. The zero-order valence-corrected chi connectivity index (χ0v) is 40.0. The summed E-state index contributed by atoms with van der Waals surface area (Å²) in [5, 5.41) is 13.4. The molecule has 2 aliphatic rings. The van der Waals surface area contributed by atoms with Crippen molar-refractivity contribution in [2.45, 2.75) is 56.0 Å². The molecule has 9 rings (SSSR count). The molecule has 2 fully saturated rings. The number of amides is 4. The molecule has 0 unspecified atom stereocenters. The summed E-state index contributed by atoms with van der Waals surface area (Å²) < 4.78 is 89.0. The van der Waals surface area contributed by atoms with Gasteiger partial charge in [-0.3, -0.25) is 19.2 Å². The van der Waals surface area contributed by atoms with E-state index in [0.29, 0.717) is 40.8 Å². The third-order valence-electron chi connectivity index (χ3n) is 12.1. The van der Waals surface area contributed by atoms with Crippen LogP contribution in [0.5, 0.6) is 5.88 Å². The summed E-state index contributed by atoms with van der Waals surface area (Å²) in [5.41, 5.74) is 0.475. The number of fused-ring (bicyclic) bond motifs is 2. The number of alkyl halides is 3. The van der Waals surface area contributed by atoms with Gasteiger partial charge in [0.1, 0.15) is 22.7 Å². The number of methoxy groups -OCH3 is 3. The third kappa shape index (κ3) is 10.2. The Balaban J connectivity index is 0.000000196. The Morgan fingerprint density at radius 2 is 1.08 bits per heavy atom. The Morgan fingerprint density at radius 3 is 1.45 bits per heavy atom. The first-order chi connectivity index (χ1) is 34.8. The largest absolute Gasteiger partial charge is 0.479 e. The number of hydrogen-bond acceptors (Lipinski definition) is 11. The van der Waals surface area contributed by atoms with E-state index in [1.165, 1.54) is 60.8 Å². The zero-order chi connectivity index (χ0) is 52.6. The zero-order valence-electron chi connectivity index (χ0n) is 38.5. The molecule has 0 bridgehead atoms. The molecule has 380 valence electrons. The van der Waals surface area contributed by atoms with Gasteiger partial charge in [-0.25, -0.2) is 18.4 Å². The summed E-state index contributed by atoms with van der Waals surface area (Å²) in [6.07, 6.45) is -3.89. The highest BCUT2D eigenvalue weighted by Crippen LogP contribution is 2.39. The van der Waals surface area contributed by atoms with Crippen molar-refractivity contribution in [1.82, 2.24) is 35.6 Å². The number of nitrogens with one attached hydrogen (secondary N) is 4. The van der Waals surface area contributed by atoms with Crippen molar-refractivity contribution in [2.75, 3.05) is 21.3 Å². The lowest BCUT2D eigenvalue weighted by Crippen LogP contribution is -2.52. The van der Waals surface area contributed by atoms with Gasteiger partial charge in [0.2, 0.25) is 17.6 Å². The second-order valence-corrected chi connectivity index (χ2v) is 17.5. The number of ether oxygens (including phenoxy) is 3. The van der Waals surface area contributed by atoms with Crippen LogP contribution in [-0.2, 0) is 36.9 Å². The maximum Gasteiger partial charge on any atom is 0.471 e. The first kappa shape index (κ1) is 51.4. The van der Waals surface area contributed by atoms with Crippen LogP contribution in [0.25, 0.3) is 33.2 Å². The SMILES string of the molecule is COC(=O)c1c(Cl)c2c(F)cccc2n1-c1ccc(CNC(=O)C2(NC(=O)C(F)(F)F)CC2)cc1.COC(=O)c1c(Cl)c2c(F)cccc2n1-c1ccc(CNC(=O)C2(NC(=O)c3cc(OC)no3)CC2)cc1. The van der Waals surface area contributed by atoms with Gasteiger partial charge >= 0.3 is 24.0 Å². The number of hydrogen-bond donors (Lipinski definition) is 4. The van der Waals surface area contributed by atoms with E-state index in [1.807, 2.05) is 0 Å². The van der Waals surface area contributed by atoms with Crippen molar-refractivity contribution in [2.24, 2.45) is 0 Å². The van der Waals surface area contributed by atoms with Gasteiger partial charge in [-0.1, -0.05) is 59.6 Å². The quantitative estimate of drug-likeness (QED) is 0.0609. The van der Waals surface area contributed by atoms with Crippen LogP contribution < -0.4 is 26.0 Å². The summed E-state index contributed by atoms with van der Waals surface area (Å²) in [6.45, 7) is 0.174. The highest BCUT2D eigenvalue weighted by molar-refractivity contribution is 6.39. The molecule has 73 heavy (non-hydrogen) atoms. The molecule has 24 heteroatoms. The molecule has 3 heterocycles. The van der Waals surface area contributed by atoms with Crippen LogP contribution in [0, 0.1) is 11.6 Å². The fraction of sp³-hybridized carbons (Fsp3) is 0.245. The Hall–Kier alpha value is -7.98. The number of aromatic nitrogens is 3. The Bertz CT molecular complexity index is 3330. The van der Waals surface area contributed by atoms with Crippen molar-refractivity contribution >= 4 is 80.6 Å². The Labute approximate surface area is 419 Å². The van der Waals surface area contributed by atoms with Crippen molar-refractivity contribution < 1.29 is 69.5 Å². The van der Waals surface area contributed by atoms with Gasteiger partial charge in [-0.15, -0.1) is 0 Å². The summed E-state index contributed by atoms with van der Waals surface area (Å²) in [4.78, 5) is 73.8. The van der Waals surface area contributed by atoms with Gasteiger partial charge < -0.3 is 49.1 Å². The molecular formula is C49H40Cl2F5N7O10. The first-order valence-electron chi connectivity index (χ1n) is 21.9. The standard InChI is InChI=1S/C26H22ClFN4O6.C23H18ClF4N3O4/c1-36-19-12-18(38-31-19)23(33)30-26(10-11-26)25(35)29-13-14-6-8-15(9-7-14)32-17-5-3-4-16(28)20(17)21(27)22(32)24(34)37-2;1-35-19(32)18-17(24)16-14(25)3-2-4-15(16)31(18)13-7-5-12(6-8-13)11-29-20(33)22(9-10-22)30-21(34)23(26,27)28/h3-9,12H,10-11,13H2,1-2H3,(H,29,35)(H,30,33);2-8H,9-11H2,1H3,(H,29,33)(H,30,34). The molecule has 0 radical (unpaired) electrons. The fourth-order valence-electron chi connectivity index (χ4n) is 7.92. The smallest absolute Gasteiger partial charge is 0.471 e. The predicted molar refractivity (Wildman–Crippen MR) is 252 cm³/mol. The average molecular weight is 1050 g/mol. The van der Waals surface area contributed by atoms with Crippen LogP contribution in [0.2, 0.25) is 10.0 Å². The minimum atomic E-state index is -5.08. The lowest BCUT2D eigenvalue weighted by molar-refractivity contribution is -0.175. The molecule has 3 aromatic heterocycles. The van der Waals surface area contributed by atoms with Gasteiger partial charge in [-0.2, -0.15) is 13.2 Å². The highest BCUT2D eigenvalue weighted by Gasteiger charge is 2.55. The van der Waals surface area contributed by atoms with Crippen LogP contribution in [0.1, 0.15) is 68.3 Å². The molecule has 4 N–H and O–H groups in total. The van der Waals surface area contributed by atoms with E-state index in [9.17, 15) is 50.7 Å². The van der Waals surface area contributed by atoms with Gasteiger partial charge in [0.05, 0.1) is 59.2 Å². The second kappa shape index (κ2) is 20.3. The number of rotatable bonds is 14. The lowest BCUT2D eigenvalue weighted by atomic mass is 10.1. The van der Waals surface area contributed by atoms with E-state index in [-0.39, 0.29) is 75.7 Å². The maximum absolute atomic E-state index is 14.5. The average Bonchev–Trinajstić information content (AvgIpc) is 4.23. The molecule has 0 atom stereocenters. The van der Waals surface area contributed by atoms with E-state index in [1.54, 1.807) is 66.0 Å². The summed E-state index contributed by atoms with van der Waals surface area (Å²) >= 11 is 12.7. The second-order valence-electron chi connectivity index (χ2n) is 16.7. The lowest BCUT2D eigenvalue weighted by Gasteiger charge is -2.18. The van der Waals surface area contributed by atoms with Gasteiger partial charge in [0.15, 0.2) is 11.4 Å². The summed E-state index contributed by atoms with van der Waals surface area (Å²) in [5.74, 6) is -6.30. The van der Waals surface area contributed by atoms with Crippen LogP contribution in [0.3, 0.4) is 0 Å². The number of carbonyl (C=O) groups excluding carboxylic acids is 6. The molecular weight excluding hydrogens is 1010 g/mol. The number of esters is 2. The van der Waals surface area contributed by atoms with Gasteiger partial charge in [-0.05, 0) is 90.5 Å². The highest BCUT2D eigenvalue weighted by atomic mass is 35.5. The molecule has 0 saturated heterocycles. The number of nitrogens with zero attached hydrogens (tertiary/aromatic N) is 3. The first-order valence-corrected chi connectivity index (χ1v) is 22.6. The topological polar surface area (TPSA) is 214 Å². The molecule has 7 aromatic rings. The van der Waals surface area contributed by atoms with Crippen molar-refractivity contribution in [3.8, 4) is 17.3 Å². The van der Waals surface area contributed by atoms with Crippen LogP contribution >= 0.6 is 23.2 Å². The third-order valence-corrected chi connectivity index (χ3v) is 12.8. The molecule has 0 aliphatic heterocycles. The van der Waals surface area contributed by atoms with Crippen molar-refractivity contribution in [3.05, 3.63) is 141 Å². The maximum atomic E-state index is 14.5. The van der Waals surface area contributed by atoms with Gasteiger partial charge in [0, 0.05) is 24.5 Å². The number of benzene rings is 4. The minimum Gasteiger partial charge on any atom is -0.479 e. The van der Waals surface area contributed by atoms with Crippen LogP contribution in [0.4, 0.5) is 22.0 Å². The molecule has 2 aliphatic carbocycles. The van der Waals surface area contributed by atoms with Crippen LogP contribution in [-0.4, -0.2) is 88.4 Å². The van der Waals surface area contributed by atoms with E-state index in [2.05, 4.69) is 21.1 Å². The van der Waals surface area contributed by atoms with E-state index in [4.69, 9.17) is 41.9 Å². The fourth-order valence-corrected chi connectivity index (χ4v) is 8.62. The molecule has 2 saturated carbocycles. The normalized spacial score (nSPS) is 14.1. The minimum absolute atomic E-state index is 0.00566.